The summed E-state index contributed by atoms with van der Waals surface area (Å²) in [7, 11) is 0. The van der Waals surface area contributed by atoms with Crippen molar-refractivity contribution in [2.24, 2.45) is 0 Å². The van der Waals surface area contributed by atoms with Gasteiger partial charge in [-0.3, -0.25) is 5.43 Å². The molecule has 1 amide bonds. The molecule has 0 unspecified atom stereocenters. The smallest absolute Gasteiger partial charge is 0.421 e. The fourth-order valence-corrected chi connectivity index (χ4v) is 1.75. The third-order valence-corrected chi connectivity index (χ3v) is 2.90. The number of benzene rings is 2. The van der Waals surface area contributed by atoms with Gasteiger partial charge in [0.15, 0.2) is 0 Å². The van der Waals surface area contributed by atoms with Gasteiger partial charge in [-0.15, -0.1) is 0 Å². The molecule has 2 aromatic rings. The van der Waals surface area contributed by atoms with Crippen LogP contribution in [0, 0.1) is 0 Å². The van der Waals surface area contributed by atoms with E-state index in [2.05, 4.69) is 10.9 Å². The second kappa shape index (κ2) is 7.31. The molecule has 0 fully saturated rings. The second-order valence-corrected chi connectivity index (χ2v) is 4.46. The second-order valence-electron chi connectivity index (χ2n) is 4.46. The van der Waals surface area contributed by atoms with E-state index in [4.69, 9.17) is 4.74 Å². The van der Waals surface area contributed by atoms with Gasteiger partial charge in [-0.2, -0.15) is 0 Å². The van der Waals surface area contributed by atoms with Gasteiger partial charge in [0.1, 0.15) is 6.61 Å². The minimum atomic E-state index is -0.489. The van der Waals surface area contributed by atoms with E-state index in [1.54, 1.807) is 0 Å². The lowest BCUT2D eigenvalue weighted by Crippen LogP contribution is -2.39. The molecule has 2 rings (SSSR count). The van der Waals surface area contributed by atoms with Crippen LogP contribution in [0.1, 0.15) is 24.1 Å². The van der Waals surface area contributed by atoms with Gasteiger partial charge in [-0.25, -0.2) is 10.2 Å². The Bertz CT molecular complexity index is 529. The standard InChI is InChI=1S/C16H18N2O2/c1-13(15-10-6-3-7-11-15)17-18-16(19)20-12-14-8-4-2-5-9-14/h2-11,13,17H,12H2,1H3,(H,18,19)/t13-/m1/s1. The maximum absolute atomic E-state index is 11.6. The van der Waals surface area contributed by atoms with E-state index in [1.165, 1.54) is 0 Å². The molecule has 0 aliphatic heterocycles. The zero-order chi connectivity index (χ0) is 14.2. The van der Waals surface area contributed by atoms with E-state index < -0.39 is 6.09 Å². The molecule has 20 heavy (non-hydrogen) atoms. The molecule has 4 heteroatoms. The predicted molar refractivity (Wildman–Crippen MR) is 77.8 cm³/mol. The molecule has 2 aromatic carbocycles. The van der Waals surface area contributed by atoms with Crippen LogP contribution < -0.4 is 10.9 Å². The van der Waals surface area contributed by atoms with Gasteiger partial charge in [-0.05, 0) is 18.1 Å². The Morgan fingerprint density at radius 1 is 1.05 bits per heavy atom. The van der Waals surface area contributed by atoms with Crippen LogP contribution in [0.3, 0.4) is 0 Å². The Morgan fingerprint density at radius 3 is 2.30 bits per heavy atom. The van der Waals surface area contributed by atoms with Crippen molar-refractivity contribution in [2.45, 2.75) is 19.6 Å². The Balaban J connectivity index is 1.73. The highest BCUT2D eigenvalue weighted by atomic mass is 16.6. The molecule has 4 nitrogen and oxygen atoms in total. The van der Waals surface area contributed by atoms with Crippen molar-refractivity contribution in [2.75, 3.05) is 0 Å². The summed E-state index contributed by atoms with van der Waals surface area (Å²) in [5.41, 5.74) is 7.50. The summed E-state index contributed by atoms with van der Waals surface area (Å²) >= 11 is 0. The number of carbonyl (C=O) groups excluding carboxylic acids is 1. The Kier molecular flexibility index (Phi) is 5.15. The number of hydrogen-bond donors (Lipinski definition) is 2. The molecule has 0 aliphatic carbocycles. The minimum Gasteiger partial charge on any atom is -0.444 e. The lowest BCUT2D eigenvalue weighted by molar-refractivity contribution is 0.133. The first-order chi connectivity index (χ1) is 9.75. The van der Waals surface area contributed by atoms with Crippen LogP contribution in [0.4, 0.5) is 4.79 Å². The van der Waals surface area contributed by atoms with Crippen LogP contribution in [0.15, 0.2) is 60.7 Å². The molecule has 0 bridgehead atoms. The number of rotatable bonds is 5. The summed E-state index contributed by atoms with van der Waals surface area (Å²) < 4.78 is 5.10. The van der Waals surface area contributed by atoms with Crippen molar-refractivity contribution >= 4 is 6.09 Å². The number of hydrazine groups is 1. The molecule has 0 spiro atoms. The first-order valence-corrected chi connectivity index (χ1v) is 6.53. The highest BCUT2D eigenvalue weighted by Gasteiger charge is 2.07. The fraction of sp³-hybridized carbons (Fsp3) is 0.188. The number of carbonyl (C=O) groups is 1. The third kappa shape index (κ3) is 4.40. The summed E-state index contributed by atoms with van der Waals surface area (Å²) in [5.74, 6) is 0. The summed E-state index contributed by atoms with van der Waals surface area (Å²) in [6.45, 7) is 2.22. The SMILES string of the molecule is C[C@@H](NNC(=O)OCc1ccccc1)c1ccccc1. The molecule has 0 aliphatic rings. The maximum Gasteiger partial charge on any atom is 0.421 e. The van der Waals surface area contributed by atoms with Gasteiger partial charge in [-0.1, -0.05) is 60.7 Å². The van der Waals surface area contributed by atoms with Gasteiger partial charge in [0.05, 0.1) is 0 Å². The van der Waals surface area contributed by atoms with Gasteiger partial charge in [0.25, 0.3) is 0 Å². The average Bonchev–Trinajstić information content (AvgIpc) is 2.52. The van der Waals surface area contributed by atoms with Crippen molar-refractivity contribution in [1.29, 1.82) is 0 Å². The van der Waals surface area contributed by atoms with Crippen molar-refractivity contribution in [3.05, 3.63) is 71.8 Å². The van der Waals surface area contributed by atoms with Crippen molar-refractivity contribution in [1.82, 2.24) is 10.9 Å². The molecule has 0 heterocycles. The molecule has 0 radical (unpaired) electrons. The van der Waals surface area contributed by atoms with E-state index in [1.807, 2.05) is 67.6 Å². The van der Waals surface area contributed by atoms with Crippen LogP contribution in [0.5, 0.6) is 0 Å². The highest BCUT2D eigenvalue weighted by Crippen LogP contribution is 2.09. The van der Waals surface area contributed by atoms with Gasteiger partial charge in [0.2, 0.25) is 0 Å². The summed E-state index contributed by atoms with van der Waals surface area (Å²) in [6, 6.07) is 19.4. The van der Waals surface area contributed by atoms with E-state index >= 15 is 0 Å². The topological polar surface area (TPSA) is 50.4 Å². The monoisotopic (exact) mass is 270 g/mol. The summed E-state index contributed by atoms with van der Waals surface area (Å²) in [4.78, 5) is 11.6. The fourth-order valence-electron chi connectivity index (χ4n) is 1.75. The van der Waals surface area contributed by atoms with Crippen LogP contribution in [0.2, 0.25) is 0 Å². The zero-order valence-corrected chi connectivity index (χ0v) is 11.4. The lowest BCUT2D eigenvalue weighted by Gasteiger charge is -2.15. The first kappa shape index (κ1) is 14.1. The number of nitrogens with one attached hydrogen (secondary N) is 2. The van der Waals surface area contributed by atoms with Crippen LogP contribution in [-0.4, -0.2) is 6.09 Å². The average molecular weight is 270 g/mol. The zero-order valence-electron chi connectivity index (χ0n) is 11.4. The van der Waals surface area contributed by atoms with Crippen LogP contribution >= 0.6 is 0 Å². The minimum absolute atomic E-state index is 0.0143. The van der Waals surface area contributed by atoms with E-state index in [9.17, 15) is 4.79 Å². The Labute approximate surface area is 118 Å². The molecular weight excluding hydrogens is 252 g/mol. The van der Waals surface area contributed by atoms with Crippen molar-refractivity contribution < 1.29 is 9.53 Å². The number of ether oxygens (including phenoxy) is 1. The first-order valence-electron chi connectivity index (χ1n) is 6.53. The van der Waals surface area contributed by atoms with E-state index in [-0.39, 0.29) is 12.6 Å². The molecule has 0 saturated heterocycles. The quantitative estimate of drug-likeness (QED) is 0.820. The van der Waals surface area contributed by atoms with Crippen LogP contribution in [0.25, 0.3) is 0 Å². The molecule has 0 saturated carbocycles. The largest absolute Gasteiger partial charge is 0.444 e. The predicted octanol–water partition coefficient (Wildman–Crippen LogP) is 3.18. The lowest BCUT2D eigenvalue weighted by atomic mass is 10.1. The van der Waals surface area contributed by atoms with Crippen molar-refractivity contribution in [3.63, 3.8) is 0 Å². The van der Waals surface area contributed by atoms with Gasteiger partial charge < -0.3 is 4.74 Å². The third-order valence-electron chi connectivity index (χ3n) is 2.90. The molecule has 1 atom stereocenters. The van der Waals surface area contributed by atoms with Crippen molar-refractivity contribution in [3.8, 4) is 0 Å². The normalized spacial score (nSPS) is 11.7. The van der Waals surface area contributed by atoms with Gasteiger partial charge in [0, 0.05) is 6.04 Å². The Hall–Kier alpha value is -2.33. The van der Waals surface area contributed by atoms with E-state index in [0.29, 0.717) is 0 Å². The highest BCUT2D eigenvalue weighted by molar-refractivity contribution is 5.66. The molecule has 2 N–H and O–H groups in total. The summed E-state index contributed by atoms with van der Waals surface area (Å²) in [5, 5.41) is 0. The maximum atomic E-state index is 11.6. The molecular formula is C16H18N2O2. The van der Waals surface area contributed by atoms with E-state index in [0.717, 1.165) is 11.1 Å². The molecule has 0 aromatic heterocycles. The van der Waals surface area contributed by atoms with Gasteiger partial charge >= 0.3 is 6.09 Å². The Morgan fingerprint density at radius 2 is 1.65 bits per heavy atom. The van der Waals surface area contributed by atoms with Crippen LogP contribution in [-0.2, 0) is 11.3 Å². The number of amides is 1. The number of hydrogen-bond acceptors (Lipinski definition) is 3. The summed E-state index contributed by atoms with van der Waals surface area (Å²) in [6.07, 6.45) is -0.489. The molecule has 104 valence electrons.